The van der Waals surface area contributed by atoms with E-state index < -0.39 is 15.8 Å². The van der Waals surface area contributed by atoms with Crippen molar-refractivity contribution in [1.82, 2.24) is 0 Å². The molecule has 0 radical (unpaired) electrons. The van der Waals surface area contributed by atoms with Crippen molar-refractivity contribution >= 4 is 26.0 Å². The maximum absolute atomic E-state index is 13.2. The van der Waals surface area contributed by atoms with Crippen LogP contribution in [0.3, 0.4) is 0 Å². The summed E-state index contributed by atoms with van der Waals surface area (Å²) in [5.41, 5.74) is 0.360. The van der Waals surface area contributed by atoms with Crippen molar-refractivity contribution in [2.24, 2.45) is 5.14 Å². The predicted molar refractivity (Wildman–Crippen MR) is 50.2 cm³/mol. The number of aryl methyl sites for hydroxylation is 1. The first-order chi connectivity index (χ1) is 5.84. The quantitative estimate of drug-likeness (QED) is 0.839. The molecule has 0 spiro atoms. The Balaban J connectivity index is 3.53. The van der Waals surface area contributed by atoms with Gasteiger partial charge in [0.2, 0.25) is 10.0 Å². The van der Waals surface area contributed by atoms with Crippen LogP contribution in [0.25, 0.3) is 0 Å². The Morgan fingerprint density at radius 3 is 2.46 bits per heavy atom. The molecule has 0 aliphatic heterocycles. The molecule has 0 bridgehead atoms. The summed E-state index contributed by atoms with van der Waals surface area (Å²) < 4.78 is 34.8. The molecule has 3 nitrogen and oxygen atoms in total. The normalized spacial score (nSPS) is 11.7. The lowest BCUT2D eigenvalue weighted by Gasteiger charge is -2.04. The van der Waals surface area contributed by atoms with Gasteiger partial charge in [-0.25, -0.2) is 17.9 Å². The van der Waals surface area contributed by atoms with Crippen molar-refractivity contribution in [1.29, 1.82) is 0 Å². The van der Waals surface area contributed by atoms with E-state index in [9.17, 15) is 12.8 Å². The van der Waals surface area contributed by atoms with E-state index in [1.807, 2.05) is 0 Å². The maximum Gasteiger partial charge on any atom is 0.239 e. The Morgan fingerprint density at radius 1 is 1.46 bits per heavy atom. The van der Waals surface area contributed by atoms with Crippen LogP contribution in [0.5, 0.6) is 0 Å². The summed E-state index contributed by atoms with van der Waals surface area (Å²) in [6.45, 7) is 1.53. The van der Waals surface area contributed by atoms with Crippen molar-refractivity contribution in [3.63, 3.8) is 0 Å². The van der Waals surface area contributed by atoms with Crippen molar-refractivity contribution in [2.45, 2.75) is 11.8 Å². The van der Waals surface area contributed by atoms with Gasteiger partial charge in [0.1, 0.15) is 5.82 Å². The lowest BCUT2D eigenvalue weighted by Crippen LogP contribution is -2.13. The number of hydrogen-bond acceptors (Lipinski definition) is 2. The van der Waals surface area contributed by atoms with Gasteiger partial charge in [0.15, 0.2) is 0 Å². The van der Waals surface area contributed by atoms with Crippen LogP contribution in [-0.4, -0.2) is 8.42 Å². The fourth-order valence-electron chi connectivity index (χ4n) is 0.848. The monoisotopic (exact) mass is 267 g/mol. The van der Waals surface area contributed by atoms with Gasteiger partial charge in [0, 0.05) is 0 Å². The van der Waals surface area contributed by atoms with Crippen LogP contribution in [0.15, 0.2) is 21.5 Å². The number of primary sulfonamides is 1. The summed E-state index contributed by atoms with van der Waals surface area (Å²) in [6, 6.07) is 2.62. The molecule has 72 valence electrons. The summed E-state index contributed by atoms with van der Waals surface area (Å²) >= 11 is 2.83. The SMILES string of the molecule is Cc1ccc(S(N)(=O)=O)c(Br)c1F. The molecule has 0 saturated heterocycles. The summed E-state index contributed by atoms with van der Waals surface area (Å²) in [5.74, 6) is -0.605. The molecule has 0 aromatic heterocycles. The van der Waals surface area contributed by atoms with Crippen LogP contribution in [0, 0.1) is 12.7 Å². The van der Waals surface area contributed by atoms with Gasteiger partial charge in [-0.1, -0.05) is 6.07 Å². The molecule has 0 unspecified atom stereocenters. The van der Waals surface area contributed by atoms with Crippen LogP contribution < -0.4 is 5.14 Å². The number of sulfonamides is 1. The third kappa shape index (κ3) is 2.07. The molecule has 0 amide bonds. The summed E-state index contributed by atoms with van der Waals surface area (Å²) in [5, 5.41) is 4.85. The minimum Gasteiger partial charge on any atom is -0.225 e. The van der Waals surface area contributed by atoms with E-state index >= 15 is 0 Å². The highest BCUT2D eigenvalue weighted by molar-refractivity contribution is 9.10. The summed E-state index contributed by atoms with van der Waals surface area (Å²) in [4.78, 5) is -0.240. The van der Waals surface area contributed by atoms with E-state index in [1.165, 1.54) is 19.1 Å². The zero-order valence-electron chi connectivity index (χ0n) is 6.71. The van der Waals surface area contributed by atoms with Gasteiger partial charge in [-0.2, -0.15) is 0 Å². The van der Waals surface area contributed by atoms with Gasteiger partial charge in [0.25, 0.3) is 0 Å². The number of rotatable bonds is 1. The number of benzene rings is 1. The lowest BCUT2D eigenvalue weighted by molar-refractivity contribution is 0.586. The molecule has 0 fully saturated rings. The van der Waals surface area contributed by atoms with Gasteiger partial charge in [-0.15, -0.1) is 0 Å². The molecule has 0 heterocycles. The summed E-state index contributed by atoms with van der Waals surface area (Å²) in [7, 11) is -3.86. The van der Waals surface area contributed by atoms with Gasteiger partial charge in [0.05, 0.1) is 9.37 Å². The highest BCUT2D eigenvalue weighted by Crippen LogP contribution is 2.25. The van der Waals surface area contributed by atoms with Crippen molar-refractivity contribution in [3.8, 4) is 0 Å². The fourth-order valence-corrected chi connectivity index (χ4v) is 2.57. The van der Waals surface area contributed by atoms with Crippen molar-refractivity contribution < 1.29 is 12.8 Å². The topological polar surface area (TPSA) is 60.2 Å². The molecule has 1 aromatic carbocycles. The molecule has 13 heavy (non-hydrogen) atoms. The van der Waals surface area contributed by atoms with E-state index in [2.05, 4.69) is 15.9 Å². The Kier molecular flexibility index (Phi) is 2.74. The Labute approximate surface area is 83.9 Å². The largest absolute Gasteiger partial charge is 0.239 e. The number of halogens is 2. The molecule has 0 aliphatic carbocycles. The Hall–Kier alpha value is -0.460. The third-order valence-electron chi connectivity index (χ3n) is 1.55. The first kappa shape index (κ1) is 10.6. The first-order valence-corrected chi connectivity index (χ1v) is 5.65. The highest BCUT2D eigenvalue weighted by atomic mass is 79.9. The smallest absolute Gasteiger partial charge is 0.225 e. The third-order valence-corrected chi connectivity index (χ3v) is 3.54. The van der Waals surface area contributed by atoms with E-state index in [1.54, 1.807) is 0 Å². The molecule has 0 atom stereocenters. The molecular formula is C7H7BrFNO2S. The second kappa shape index (κ2) is 3.36. The highest BCUT2D eigenvalue weighted by Gasteiger charge is 2.16. The standard InChI is InChI=1S/C7H7BrFNO2S/c1-4-2-3-5(13(10,11)12)6(8)7(4)9/h2-3H,1H3,(H2,10,11,12). The summed E-state index contributed by atoms with van der Waals surface area (Å²) in [6.07, 6.45) is 0. The number of hydrogen-bond donors (Lipinski definition) is 1. The van der Waals surface area contributed by atoms with Gasteiger partial charge in [-0.05, 0) is 34.5 Å². The fraction of sp³-hybridized carbons (Fsp3) is 0.143. The van der Waals surface area contributed by atoms with Crippen LogP contribution >= 0.6 is 15.9 Å². The molecule has 0 saturated carbocycles. The van der Waals surface area contributed by atoms with Crippen molar-refractivity contribution in [3.05, 3.63) is 28.0 Å². The Morgan fingerprint density at radius 2 is 2.00 bits per heavy atom. The predicted octanol–water partition coefficient (Wildman–Crippen LogP) is 1.54. The zero-order chi connectivity index (χ0) is 10.2. The van der Waals surface area contributed by atoms with Gasteiger partial charge >= 0.3 is 0 Å². The maximum atomic E-state index is 13.2. The minimum atomic E-state index is -3.86. The molecule has 1 rings (SSSR count). The Bertz CT molecular complexity index is 444. The van der Waals surface area contributed by atoms with Gasteiger partial charge in [-0.3, -0.25) is 0 Å². The van der Waals surface area contributed by atoms with E-state index in [0.29, 0.717) is 5.56 Å². The molecule has 6 heteroatoms. The van der Waals surface area contributed by atoms with E-state index in [0.717, 1.165) is 0 Å². The molecule has 0 aliphatic rings. The second-order valence-corrected chi connectivity index (χ2v) is 4.88. The average Bonchev–Trinajstić information content (AvgIpc) is 1.98. The minimum absolute atomic E-state index is 0.116. The van der Waals surface area contributed by atoms with Crippen LogP contribution in [-0.2, 0) is 10.0 Å². The second-order valence-electron chi connectivity index (χ2n) is 2.55. The molecule has 1 aromatic rings. The van der Waals surface area contributed by atoms with E-state index in [4.69, 9.17) is 5.14 Å². The van der Waals surface area contributed by atoms with E-state index in [-0.39, 0.29) is 9.37 Å². The average molecular weight is 268 g/mol. The van der Waals surface area contributed by atoms with Crippen LogP contribution in [0.4, 0.5) is 4.39 Å². The van der Waals surface area contributed by atoms with Crippen molar-refractivity contribution in [2.75, 3.05) is 0 Å². The zero-order valence-corrected chi connectivity index (χ0v) is 9.12. The number of nitrogens with two attached hydrogens (primary N) is 1. The first-order valence-electron chi connectivity index (χ1n) is 3.31. The lowest BCUT2D eigenvalue weighted by atomic mass is 10.2. The molecule has 2 N–H and O–H groups in total. The van der Waals surface area contributed by atoms with Crippen LogP contribution in [0.1, 0.15) is 5.56 Å². The van der Waals surface area contributed by atoms with Gasteiger partial charge < -0.3 is 0 Å². The molecular weight excluding hydrogens is 261 g/mol. The van der Waals surface area contributed by atoms with Crippen LogP contribution in [0.2, 0.25) is 0 Å².